The van der Waals surface area contributed by atoms with Gasteiger partial charge in [-0.05, 0) is 30.9 Å². The Morgan fingerprint density at radius 3 is 2.87 bits per heavy atom. The number of guanidine groups is 1. The van der Waals surface area contributed by atoms with Crippen molar-refractivity contribution in [1.29, 1.82) is 0 Å². The summed E-state index contributed by atoms with van der Waals surface area (Å²) < 4.78 is 5.28. The van der Waals surface area contributed by atoms with Crippen LogP contribution in [-0.4, -0.2) is 50.8 Å². The van der Waals surface area contributed by atoms with Gasteiger partial charge in [0.1, 0.15) is 0 Å². The molecule has 3 rings (SSSR count). The van der Waals surface area contributed by atoms with Gasteiger partial charge in [0, 0.05) is 45.1 Å². The third-order valence-electron chi connectivity index (χ3n) is 4.89. The van der Waals surface area contributed by atoms with Crippen molar-refractivity contribution in [2.45, 2.75) is 31.7 Å². The maximum atomic E-state index is 5.28. The number of nitrogens with zero attached hydrogens (tertiary/aromatic N) is 2. The number of hydrogen-bond donors (Lipinski definition) is 1. The van der Waals surface area contributed by atoms with Crippen LogP contribution in [0.5, 0.6) is 0 Å². The Labute approximate surface area is 156 Å². The number of rotatable bonds is 4. The molecule has 23 heavy (non-hydrogen) atoms. The molecule has 0 aromatic heterocycles. The average molecular weight is 429 g/mol. The van der Waals surface area contributed by atoms with Crippen LogP contribution in [0.3, 0.4) is 0 Å². The van der Waals surface area contributed by atoms with Gasteiger partial charge in [-0.1, -0.05) is 24.3 Å². The van der Waals surface area contributed by atoms with Gasteiger partial charge >= 0.3 is 0 Å². The molecular formula is C18H28IN3O. The number of likely N-dealkylation sites (tertiary alicyclic amines) is 1. The van der Waals surface area contributed by atoms with E-state index in [1.54, 1.807) is 7.11 Å². The molecule has 3 atom stereocenters. The Morgan fingerprint density at radius 2 is 2.17 bits per heavy atom. The van der Waals surface area contributed by atoms with Crippen LogP contribution < -0.4 is 5.32 Å². The van der Waals surface area contributed by atoms with E-state index >= 15 is 0 Å². The number of hydrogen-bond acceptors (Lipinski definition) is 2. The van der Waals surface area contributed by atoms with Crippen LogP contribution in [-0.2, 0) is 4.74 Å². The van der Waals surface area contributed by atoms with Crippen molar-refractivity contribution in [2.24, 2.45) is 10.9 Å². The first-order valence-corrected chi connectivity index (χ1v) is 8.25. The van der Waals surface area contributed by atoms with E-state index < -0.39 is 0 Å². The molecule has 4 nitrogen and oxygen atoms in total. The second-order valence-corrected chi connectivity index (χ2v) is 6.55. The van der Waals surface area contributed by atoms with Gasteiger partial charge in [0.05, 0.1) is 6.61 Å². The monoisotopic (exact) mass is 429 g/mol. The van der Waals surface area contributed by atoms with Crippen LogP contribution in [0.1, 0.15) is 29.9 Å². The lowest BCUT2D eigenvalue weighted by Crippen LogP contribution is -2.41. The molecule has 1 N–H and O–H groups in total. The smallest absolute Gasteiger partial charge is 0.193 e. The summed E-state index contributed by atoms with van der Waals surface area (Å²) in [5.74, 6) is 2.32. The summed E-state index contributed by atoms with van der Waals surface area (Å²) in [6, 6.07) is 9.25. The van der Waals surface area contributed by atoms with E-state index in [4.69, 9.17) is 4.74 Å². The van der Waals surface area contributed by atoms with E-state index in [0.29, 0.717) is 17.9 Å². The van der Waals surface area contributed by atoms with E-state index in [2.05, 4.69) is 46.4 Å². The minimum Gasteiger partial charge on any atom is -0.384 e. The molecule has 2 aliphatic rings. The number of nitrogens with one attached hydrogen (secondary N) is 1. The molecular weight excluding hydrogens is 401 g/mol. The molecule has 1 aromatic rings. The largest absolute Gasteiger partial charge is 0.384 e. The molecule has 1 saturated carbocycles. The normalized spacial score (nSPS) is 26.8. The zero-order valence-corrected chi connectivity index (χ0v) is 16.6. The van der Waals surface area contributed by atoms with Gasteiger partial charge in [0.15, 0.2) is 5.96 Å². The highest BCUT2D eigenvalue weighted by atomic mass is 127. The van der Waals surface area contributed by atoms with E-state index in [1.165, 1.54) is 24.0 Å². The number of ether oxygens (including phenoxy) is 1. The third kappa shape index (κ3) is 4.38. The standard InChI is InChI=1S/C18H27N3O.HI/c1-13-6-4-5-7-15(13)16-10-17(16)20-18(19-2)21-9-8-14(11-21)12-22-3;/h4-7,14,16-17H,8-12H2,1-3H3,(H,19,20);1H. The summed E-state index contributed by atoms with van der Waals surface area (Å²) in [7, 11) is 3.67. The topological polar surface area (TPSA) is 36.9 Å². The highest BCUT2D eigenvalue weighted by Gasteiger charge is 2.40. The van der Waals surface area contributed by atoms with Crippen molar-refractivity contribution in [3.8, 4) is 0 Å². The number of aryl methyl sites for hydroxylation is 1. The Morgan fingerprint density at radius 1 is 1.39 bits per heavy atom. The quantitative estimate of drug-likeness (QED) is 0.454. The molecule has 3 unspecified atom stereocenters. The van der Waals surface area contributed by atoms with E-state index in [9.17, 15) is 0 Å². The Bertz CT molecular complexity index is 549. The Hall–Kier alpha value is -0.820. The minimum atomic E-state index is 0. The zero-order valence-electron chi connectivity index (χ0n) is 14.3. The summed E-state index contributed by atoms with van der Waals surface area (Å²) in [6.45, 7) is 5.18. The van der Waals surface area contributed by atoms with Crippen LogP contribution in [0.25, 0.3) is 0 Å². The van der Waals surface area contributed by atoms with Crippen LogP contribution in [0.4, 0.5) is 0 Å². The number of aliphatic imine (C=N–C) groups is 1. The molecule has 0 amide bonds. The summed E-state index contributed by atoms with van der Waals surface area (Å²) in [6.07, 6.45) is 2.40. The predicted octanol–water partition coefficient (Wildman–Crippen LogP) is 3.01. The first kappa shape index (κ1) is 18.5. The van der Waals surface area contributed by atoms with Crippen molar-refractivity contribution in [2.75, 3.05) is 33.9 Å². The molecule has 128 valence electrons. The predicted molar refractivity (Wildman–Crippen MR) is 106 cm³/mol. The fraction of sp³-hybridized carbons (Fsp3) is 0.611. The fourth-order valence-electron chi connectivity index (χ4n) is 3.56. The van der Waals surface area contributed by atoms with Gasteiger partial charge in [-0.3, -0.25) is 4.99 Å². The highest BCUT2D eigenvalue weighted by Crippen LogP contribution is 2.42. The van der Waals surface area contributed by atoms with Crippen molar-refractivity contribution in [3.05, 3.63) is 35.4 Å². The van der Waals surface area contributed by atoms with Crippen LogP contribution in [0, 0.1) is 12.8 Å². The molecule has 1 aliphatic carbocycles. The first-order valence-electron chi connectivity index (χ1n) is 8.25. The highest BCUT2D eigenvalue weighted by molar-refractivity contribution is 14.0. The molecule has 0 bridgehead atoms. The summed E-state index contributed by atoms with van der Waals surface area (Å²) >= 11 is 0. The Kier molecular flexibility index (Phi) is 6.71. The average Bonchev–Trinajstić information content (AvgIpc) is 3.13. The van der Waals surface area contributed by atoms with Crippen LogP contribution in [0.15, 0.2) is 29.3 Å². The van der Waals surface area contributed by atoms with Crippen molar-refractivity contribution < 1.29 is 4.74 Å². The first-order chi connectivity index (χ1) is 10.7. The van der Waals surface area contributed by atoms with E-state index in [0.717, 1.165) is 25.7 Å². The SMILES string of the molecule is CN=C(NC1CC1c1ccccc1C)N1CCC(COC)C1.I. The van der Waals surface area contributed by atoms with Crippen molar-refractivity contribution in [3.63, 3.8) is 0 Å². The zero-order chi connectivity index (χ0) is 15.5. The second-order valence-electron chi connectivity index (χ2n) is 6.55. The maximum Gasteiger partial charge on any atom is 0.193 e. The lowest BCUT2D eigenvalue weighted by atomic mass is 10.0. The summed E-state index contributed by atoms with van der Waals surface area (Å²) in [4.78, 5) is 6.86. The molecule has 0 spiro atoms. The van der Waals surface area contributed by atoms with E-state index in [1.807, 2.05) is 7.05 Å². The van der Waals surface area contributed by atoms with Crippen LogP contribution >= 0.6 is 24.0 Å². The van der Waals surface area contributed by atoms with Crippen molar-refractivity contribution in [1.82, 2.24) is 10.2 Å². The van der Waals surface area contributed by atoms with Gasteiger partial charge < -0.3 is 15.0 Å². The van der Waals surface area contributed by atoms with Crippen LogP contribution in [0.2, 0.25) is 0 Å². The number of halogens is 1. The van der Waals surface area contributed by atoms with Gasteiger partial charge in [-0.2, -0.15) is 0 Å². The molecule has 1 heterocycles. The molecule has 1 aromatic carbocycles. The Balaban J connectivity index is 0.00000192. The van der Waals surface area contributed by atoms with Gasteiger partial charge in [-0.15, -0.1) is 24.0 Å². The number of benzene rings is 1. The minimum absolute atomic E-state index is 0. The molecule has 1 saturated heterocycles. The van der Waals surface area contributed by atoms with Gasteiger partial charge in [-0.25, -0.2) is 0 Å². The lowest BCUT2D eigenvalue weighted by molar-refractivity contribution is 0.157. The third-order valence-corrected chi connectivity index (χ3v) is 4.89. The summed E-state index contributed by atoms with van der Waals surface area (Å²) in [5, 5.41) is 3.66. The number of methoxy groups -OCH3 is 1. The van der Waals surface area contributed by atoms with E-state index in [-0.39, 0.29) is 24.0 Å². The lowest BCUT2D eigenvalue weighted by Gasteiger charge is -2.22. The molecule has 5 heteroatoms. The fourth-order valence-corrected chi connectivity index (χ4v) is 3.56. The molecule has 0 radical (unpaired) electrons. The molecule has 1 aliphatic heterocycles. The maximum absolute atomic E-state index is 5.28. The van der Waals surface area contributed by atoms with Gasteiger partial charge in [0.2, 0.25) is 0 Å². The summed E-state index contributed by atoms with van der Waals surface area (Å²) in [5.41, 5.74) is 2.88. The second kappa shape index (κ2) is 8.33. The van der Waals surface area contributed by atoms with Crippen molar-refractivity contribution >= 4 is 29.9 Å². The molecule has 2 fully saturated rings. The van der Waals surface area contributed by atoms with Gasteiger partial charge in [0.25, 0.3) is 0 Å².